The molecule has 2 aromatic rings. The first-order valence-electron chi connectivity index (χ1n) is 6.33. The Morgan fingerprint density at radius 2 is 1.76 bits per heavy atom. The van der Waals surface area contributed by atoms with Crippen molar-refractivity contribution in [2.45, 2.75) is 27.3 Å². The molecular weight excluding hydrogens is 311 g/mol. The maximum atomic E-state index is 12.4. The van der Waals surface area contributed by atoms with Crippen LogP contribution in [0.2, 0.25) is 10.0 Å². The molecule has 0 aliphatic rings. The third-order valence-electron chi connectivity index (χ3n) is 3.19. The number of aryl methyl sites for hydroxylation is 3. The first-order valence-corrected chi connectivity index (χ1v) is 7.09. The van der Waals surface area contributed by atoms with Gasteiger partial charge in [0.25, 0.3) is 5.56 Å². The van der Waals surface area contributed by atoms with Crippen molar-refractivity contribution in [3.8, 4) is 0 Å². The molecule has 0 N–H and O–H groups in total. The molecule has 0 aliphatic heterocycles. The minimum Gasteiger partial charge on any atom is -0.292 e. The van der Waals surface area contributed by atoms with Gasteiger partial charge in [-0.05, 0) is 31.9 Å². The summed E-state index contributed by atoms with van der Waals surface area (Å²) >= 11 is 11.5. The molecule has 0 spiro atoms. The van der Waals surface area contributed by atoms with E-state index < -0.39 is 5.56 Å². The third kappa shape index (κ3) is 3.17. The van der Waals surface area contributed by atoms with Crippen molar-refractivity contribution >= 4 is 29.0 Å². The molecule has 0 amide bonds. The van der Waals surface area contributed by atoms with Crippen molar-refractivity contribution in [2.75, 3.05) is 0 Å². The fourth-order valence-corrected chi connectivity index (χ4v) is 2.66. The Morgan fingerprint density at radius 1 is 1.19 bits per heavy atom. The maximum absolute atomic E-state index is 12.4. The smallest absolute Gasteiger partial charge is 0.287 e. The molecule has 0 bridgehead atoms. The second-order valence-electron chi connectivity index (χ2n) is 4.97. The second-order valence-corrected chi connectivity index (χ2v) is 5.75. The van der Waals surface area contributed by atoms with Crippen LogP contribution >= 0.6 is 23.2 Å². The Morgan fingerprint density at radius 3 is 2.33 bits per heavy atom. The number of nitrogens with zero attached hydrogens (tertiary/aromatic N) is 2. The van der Waals surface area contributed by atoms with Crippen LogP contribution in [-0.4, -0.2) is 15.6 Å². The Labute approximate surface area is 132 Å². The van der Waals surface area contributed by atoms with Crippen LogP contribution in [0.4, 0.5) is 0 Å². The summed E-state index contributed by atoms with van der Waals surface area (Å²) in [5.41, 5.74) is 2.89. The highest BCUT2D eigenvalue weighted by Gasteiger charge is 2.16. The van der Waals surface area contributed by atoms with Gasteiger partial charge >= 0.3 is 0 Å². The minimum atomic E-state index is -0.570. The first-order chi connectivity index (χ1) is 9.81. The van der Waals surface area contributed by atoms with E-state index in [1.54, 1.807) is 0 Å². The zero-order chi connectivity index (χ0) is 15.7. The summed E-state index contributed by atoms with van der Waals surface area (Å²) < 4.78 is 1.02. The average molecular weight is 325 g/mol. The van der Waals surface area contributed by atoms with Gasteiger partial charge in [0.2, 0.25) is 0 Å². The zero-order valence-electron chi connectivity index (χ0n) is 11.9. The standard InChI is InChI=1S/C15H14Cl2N2O2/c1-8-4-9(2)13(10(3)5-8)12(20)7-19-15(21)14(17)11(16)6-18-19/h4-6H,7H2,1-3H3. The normalized spacial score (nSPS) is 10.7. The summed E-state index contributed by atoms with van der Waals surface area (Å²) in [7, 11) is 0. The maximum Gasteiger partial charge on any atom is 0.287 e. The number of halogens is 2. The average Bonchev–Trinajstić information content (AvgIpc) is 2.38. The van der Waals surface area contributed by atoms with Gasteiger partial charge in [-0.1, -0.05) is 40.9 Å². The van der Waals surface area contributed by atoms with Crippen molar-refractivity contribution in [3.05, 3.63) is 61.0 Å². The molecule has 1 heterocycles. The van der Waals surface area contributed by atoms with Crippen molar-refractivity contribution in [1.82, 2.24) is 9.78 Å². The molecule has 4 nitrogen and oxygen atoms in total. The van der Waals surface area contributed by atoms with Gasteiger partial charge in [0, 0.05) is 5.56 Å². The number of aromatic nitrogens is 2. The van der Waals surface area contributed by atoms with E-state index in [9.17, 15) is 9.59 Å². The molecule has 21 heavy (non-hydrogen) atoms. The number of ketones is 1. The number of rotatable bonds is 3. The molecule has 0 aliphatic carbocycles. The SMILES string of the molecule is Cc1cc(C)c(C(=O)Cn2ncc(Cl)c(Cl)c2=O)c(C)c1. The highest BCUT2D eigenvalue weighted by atomic mass is 35.5. The Hall–Kier alpha value is -1.65. The molecule has 1 aromatic carbocycles. The molecular formula is C15H14Cl2N2O2. The van der Waals surface area contributed by atoms with Crippen molar-refractivity contribution in [3.63, 3.8) is 0 Å². The Bertz CT molecular complexity index is 759. The van der Waals surface area contributed by atoms with E-state index in [1.165, 1.54) is 6.20 Å². The molecule has 2 rings (SSSR count). The third-order valence-corrected chi connectivity index (χ3v) is 3.94. The lowest BCUT2D eigenvalue weighted by Crippen LogP contribution is -2.27. The lowest BCUT2D eigenvalue weighted by Gasteiger charge is -2.11. The van der Waals surface area contributed by atoms with Crippen LogP contribution in [0, 0.1) is 20.8 Å². The molecule has 0 saturated heterocycles. The van der Waals surface area contributed by atoms with Crippen LogP contribution in [0.3, 0.4) is 0 Å². The quantitative estimate of drug-likeness (QED) is 0.813. The van der Waals surface area contributed by atoms with E-state index >= 15 is 0 Å². The molecule has 0 unspecified atom stereocenters. The van der Waals surface area contributed by atoms with E-state index in [1.807, 2.05) is 32.9 Å². The van der Waals surface area contributed by atoms with Crippen LogP contribution in [0.15, 0.2) is 23.1 Å². The predicted octanol–water partition coefficient (Wildman–Crippen LogP) is 3.36. The first kappa shape index (κ1) is 15.7. The van der Waals surface area contributed by atoms with Crippen LogP contribution in [-0.2, 0) is 6.54 Å². The number of carbonyl (C=O) groups excluding carboxylic acids is 1. The van der Waals surface area contributed by atoms with Crippen LogP contribution < -0.4 is 5.56 Å². The summed E-state index contributed by atoms with van der Waals surface area (Å²) in [5.74, 6) is -0.182. The van der Waals surface area contributed by atoms with Gasteiger partial charge in [0.1, 0.15) is 11.6 Å². The van der Waals surface area contributed by atoms with E-state index in [-0.39, 0.29) is 22.4 Å². The van der Waals surface area contributed by atoms with Gasteiger partial charge in [0.05, 0.1) is 11.2 Å². The van der Waals surface area contributed by atoms with Crippen LogP contribution in [0.1, 0.15) is 27.0 Å². The molecule has 0 radical (unpaired) electrons. The van der Waals surface area contributed by atoms with Crippen LogP contribution in [0.5, 0.6) is 0 Å². The van der Waals surface area contributed by atoms with Gasteiger partial charge in [-0.25, -0.2) is 4.68 Å². The minimum absolute atomic E-state index is 0.0769. The molecule has 0 fully saturated rings. The highest BCUT2D eigenvalue weighted by Crippen LogP contribution is 2.18. The van der Waals surface area contributed by atoms with Crippen molar-refractivity contribution in [1.29, 1.82) is 0 Å². The molecule has 110 valence electrons. The molecule has 0 atom stereocenters. The predicted molar refractivity (Wildman–Crippen MR) is 83.5 cm³/mol. The van der Waals surface area contributed by atoms with Crippen molar-refractivity contribution in [2.24, 2.45) is 0 Å². The number of carbonyl (C=O) groups is 1. The van der Waals surface area contributed by atoms with E-state index in [2.05, 4.69) is 5.10 Å². The van der Waals surface area contributed by atoms with Crippen molar-refractivity contribution < 1.29 is 4.79 Å². The van der Waals surface area contributed by atoms with Gasteiger partial charge in [-0.2, -0.15) is 5.10 Å². The monoisotopic (exact) mass is 324 g/mol. The van der Waals surface area contributed by atoms with E-state index in [4.69, 9.17) is 23.2 Å². The van der Waals surface area contributed by atoms with E-state index in [0.717, 1.165) is 21.4 Å². The summed E-state index contributed by atoms with van der Waals surface area (Å²) in [6.45, 7) is 5.55. The molecule has 0 saturated carbocycles. The number of hydrogen-bond acceptors (Lipinski definition) is 3. The van der Waals surface area contributed by atoms with Gasteiger partial charge < -0.3 is 0 Å². The lowest BCUT2D eigenvalue weighted by atomic mass is 9.96. The molecule has 1 aromatic heterocycles. The largest absolute Gasteiger partial charge is 0.292 e. The Kier molecular flexibility index (Phi) is 4.49. The summed E-state index contributed by atoms with van der Waals surface area (Å²) in [6, 6.07) is 3.87. The van der Waals surface area contributed by atoms with Crippen LogP contribution in [0.25, 0.3) is 0 Å². The molecule has 6 heteroatoms. The summed E-state index contributed by atoms with van der Waals surface area (Å²) in [5, 5.41) is 3.80. The topological polar surface area (TPSA) is 52.0 Å². The number of benzene rings is 1. The zero-order valence-corrected chi connectivity index (χ0v) is 13.4. The van der Waals surface area contributed by atoms with Gasteiger partial charge in [-0.15, -0.1) is 0 Å². The summed E-state index contributed by atoms with van der Waals surface area (Å²) in [6.07, 6.45) is 1.26. The Balaban J connectivity index is 2.40. The highest BCUT2D eigenvalue weighted by molar-refractivity contribution is 6.41. The van der Waals surface area contributed by atoms with Gasteiger partial charge in [0.15, 0.2) is 5.78 Å². The summed E-state index contributed by atoms with van der Waals surface area (Å²) in [4.78, 5) is 24.4. The number of hydrogen-bond donors (Lipinski definition) is 0. The second kappa shape index (κ2) is 6.00. The van der Waals surface area contributed by atoms with Gasteiger partial charge in [-0.3, -0.25) is 9.59 Å². The number of Topliss-reactive ketones (excluding diaryl/α,β-unsaturated/α-hetero) is 1. The lowest BCUT2D eigenvalue weighted by molar-refractivity contribution is 0.0964. The fraction of sp³-hybridized carbons (Fsp3) is 0.267. The van der Waals surface area contributed by atoms with E-state index in [0.29, 0.717) is 5.56 Å². The fourth-order valence-electron chi connectivity index (χ4n) is 2.39.